The Morgan fingerprint density at radius 2 is 1.62 bits per heavy atom. The number of nitrogens with zero attached hydrogens (tertiary/aromatic N) is 2. The van der Waals surface area contributed by atoms with Gasteiger partial charge in [-0.1, -0.05) is 41.5 Å². The summed E-state index contributed by atoms with van der Waals surface area (Å²) >= 11 is 0. The Bertz CT molecular complexity index is 796. The van der Waals surface area contributed by atoms with E-state index in [9.17, 15) is 4.79 Å². The molecule has 0 radical (unpaired) electrons. The lowest BCUT2D eigenvalue weighted by Gasteiger charge is -2.51. The monoisotopic (exact) mass is 416 g/mol. The number of methoxy groups -OCH3 is 1. The third-order valence-electron chi connectivity index (χ3n) is 6.14. The standard InChI is InChI=1S/C22H32N2O4Si/c1-14(2)29(15(3)4,16(5)6)28-20-19(21-23-12-13-27-21)24(22(20)25)17-8-10-18(26-7)11-9-17/h8-16,19-20H,1-7H3. The van der Waals surface area contributed by atoms with Crippen LogP contribution in [0.4, 0.5) is 5.69 Å². The van der Waals surface area contributed by atoms with Crippen LogP contribution in [0, 0.1) is 0 Å². The zero-order valence-corrected chi connectivity index (χ0v) is 19.4. The maximum absolute atomic E-state index is 13.3. The van der Waals surface area contributed by atoms with Gasteiger partial charge in [0, 0.05) is 5.69 Å². The topological polar surface area (TPSA) is 64.8 Å². The van der Waals surface area contributed by atoms with Crippen molar-refractivity contribution in [3.63, 3.8) is 0 Å². The molecule has 1 aliphatic rings. The molecule has 158 valence electrons. The molecule has 1 aromatic heterocycles. The number of benzene rings is 1. The van der Waals surface area contributed by atoms with Gasteiger partial charge in [0.2, 0.25) is 14.2 Å². The first-order valence-corrected chi connectivity index (χ1v) is 12.4. The molecule has 0 bridgehead atoms. The Hall–Kier alpha value is -2.12. The summed E-state index contributed by atoms with van der Waals surface area (Å²) in [5, 5.41) is 0. The third-order valence-corrected chi connectivity index (χ3v) is 12.2. The smallest absolute Gasteiger partial charge is 0.258 e. The fraction of sp³-hybridized carbons (Fsp3) is 0.545. The maximum atomic E-state index is 13.3. The Labute approximate surface area is 174 Å². The average molecular weight is 417 g/mol. The summed E-state index contributed by atoms with van der Waals surface area (Å²) in [6.07, 6.45) is 2.58. The van der Waals surface area contributed by atoms with Gasteiger partial charge >= 0.3 is 0 Å². The lowest BCUT2D eigenvalue weighted by molar-refractivity contribution is -0.136. The number of hydrogen-bond acceptors (Lipinski definition) is 5. The first-order chi connectivity index (χ1) is 13.7. The first kappa shape index (κ1) is 21.6. The van der Waals surface area contributed by atoms with E-state index in [1.165, 1.54) is 0 Å². The van der Waals surface area contributed by atoms with Crippen LogP contribution in [0.2, 0.25) is 16.6 Å². The van der Waals surface area contributed by atoms with Crippen molar-refractivity contribution in [1.82, 2.24) is 4.98 Å². The molecule has 2 atom stereocenters. The lowest BCUT2D eigenvalue weighted by Crippen LogP contribution is -2.65. The van der Waals surface area contributed by atoms with Crippen LogP contribution in [-0.4, -0.2) is 32.4 Å². The molecule has 0 aliphatic carbocycles. The molecular formula is C22H32N2O4Si. The van der Waals surface area contributed by atoms with Crippen LogP contribution in [0.25, 0.3) is 0 Å². The van der Waals surface area contributed by atoms with Crippen molar-refractivity contribution < 1.29 is 18.4 Å². The number of rotatable bonds is 8. The summed E-state index contributed by atoms with van der Waals surface area (Å²) in [6, 6.07) is 7.08. The Balaban J connectivity index is 1.97. The van der Waals surface area contributed by atoms with Crippen LogP contribution >= 0.6 is 0 Å². The molecule has 1 aromatic carbocycles. The molecule has 2 aromatic rings. The van der Waals surface area contributed by atoms with E-state index in [2.05, 4.69) is 46.5 Å². The number of anilines is 1. The lowest BCUT2D eigenvalue weighted by atomic mass is 9.96. The van der Waals surface area contributed by atoms with Gasteiger partial charge in [0.1, 0.15) is 18.1 Å². The van der Waals surface area contributed by atoms with Crippen molar-refractivity contribution in [3.05, 3.63) is 42.6 Å². The number of carbonyl (C=O) groups is 1. The van der Waals surface area contributed by atoms with E-state index in [0.717, 1.165) is 11.4 Å². The van der Waals surface area contributed by atoms with Crippen molar-refractivity contribution in [2.45, 2.75) is 70.3 Å². The van der Waals surface area contributed by atoms with Crippen molar-refractivity contribution in [3.8, 4) is 5.75 Å². The molecule has 0 N–H and O–H groups in total. The Morgan fingerprint density at radius 1 is 1.03 bits per heavy atom. The number of oxazole rings is 1. The highest BCUT2D eigenvalue weighted by Crippen LogP contribution is 2.48. The normalized spacial score (nSPS) is 19.9. The van der Waals surface area contributed by atoms with E-state index in [4.69, 9.17) is 13.6 Å². The molecular weight excluding hydrogens is 384 g/mol. The van der Waals surface area contributed by atoms with Gasteiger partial charge < -0.3 is 13.6 Å². The zero-order valence-electron chi connectivity index (χ0n) is 18.4. The summed E-state index contributed by atoms with van der Waals surface area (Å²) in [5.74, 6) is 1.20. The minimum Gasteiger partial charge on any atom is -0.497 e. The zero-order chi connectivity index (χ0) is 21.3. The Kier molecular flexibility index (Phi) is 6.19. The highest BCUT2D eigenvalue weighted by atomic mass is 28.4. The van der Waals surface area contributed by atoms with Crippen LogP contribution in [0.15, 0.2) is 41.1 Å². The second kappa shape index (κ2) is 8.32. The van der Waals surface area contributed by atoms with Crippen LogP contribution in [0.3, 0.4) is 0 Å². The van der Waals surface area contributed by atoms with Gasteiger partial charge in [0.15, 0.2) is 6.10 Å². The highest BCUT2D eigenvalue weighted by Gasteiger charge is 2.57. The molecule has 7 heteroatoms. The number of β-lactam (4-membered cyclic amide) rings is 1. The van der Waals surface area contributed by atoms with Crippen LogP contribution in [0.1, 0.15) is 53.5 Å². The number of amides is 1. The second-order valence-corrected chi connectivity index (χ2v) is 14.0. The van der Waals surface area contributed by atoms with E-state index < -0.39 is 14.4 Å². The van der Waals surface area contributed by atoms with E-state index >= 15 is 0 Å². The molecule has 29 heavy (non-hydrogen) atoms. The molecule has 0 spiro atoms. The van der Waals surface area contributed by atoms with E-state index in [-0.39, 0.29) is 11.9 Å². The third kappa shape index (κ3) is 3.62. The minimum atomic E-state index is -2.24. The number of carbonyl (C=O) groups excluding carboxylic acids is 1. The van der Waals surface area contributed by atoms with Gasteiger partial charge in [0.25, 0.3) is 5.91 Å². The quantitative estimate of drug-likeness (QED) is 0.430. The summed E-state index contributed by atoms with van der Waals surface area (Å²) in [6.45, 7) is 13.3. The van der Waals surface area contributed by atoms with Crippen molar-refractivity contribution in [2.24, 2.45) is 0 Å². The second-order valence-electron chi connectivity index (χ2n) is 8.58. The molecule has 2 heterocycles. The van der Waals surface area contributed by atoms with Gasteiger partial charge in [-0.2, -0.15) is 0 Å². The van der Waals surface area contributed by atoms with E-state index in [1.807, 2.05) is 24.3 Å². The Morgan fingerprint density at radius 3 is 2.07 bits per heavy atom. The minimum absolute atomic E-state index is 0.0443. The number of ether oxygens (including phenoxy) is 1. The van der Waals surface area contributed by atoms with Gasteiger partial charge in [-0.15, -0.1) is 0 Å². The van der Waals surface area contributed by atoms with Crippen molar-refractivity contribution >= 4 is 19.9 Å². The van der Waals surface area contributed by atoms with Crippen molar-refractivity contribution in [2.75, 3.05) is 12.0 Å². The van der Waals surface area contributed by atoms with E-state index in [0.29, 0.717) is 22.5 Å². The van der Waals surface area contributed by atoms with Crippen LogP contribution < -0.4 is 9.64 Å². The predicted molar refractivity (Wildman–Crippen MR) is 116 cm³/mol. The molecule has 2 unspecified atom stereocenters. The van der Waals surface area contributed by atoms with Crippen molar-refractivity contribution in [1.29, 1.82) is 0 Å². The van der Waals surface area contributed by atoms with Gasteiger partial charge in [-0.25, -0.2) is 4.98 Å². The summed E-state index contributed by atoms with van der Waals surface area (Å²) in [7, 11) is -0.616. The summed E-state index contributed by atoms with van der Waals surface area (Å²) < 4.78 is 17.7. The molecule has 1 saturated heterocycles. The number of aromatic nitrogens is 1. The molecule has 1 fully saturated rings. The molecule has 1 amide bonds. The number of hydrogen-bond donors (Lipinski definition) is 0. The maximum Gasteiger partial charge on any atom is 0.258 e. The van der Waals surface area contributed by atoms with Gasteiger partial charge in [-0.05, 0) is 40.9 Å². The first-order valence-electron chi connectivity index (χ1n) is 10.3. The predicted octanol–water partition coefficient (Wildman–Crippen LogP) is 5.33. The summed E-state index contributed by atoms with van der Waals surface area (Å²) in [5.41, 5.74) is 1.94. The van der Waals surface area contributed by atoms with Gasteiger partial charge in [-0.3, -0.25) is 9.69 Å². The largest absolute Gasteiger partial charge is 0.497 e. The van der Waals surface area contributed by atoms with Gasteiger partial charge in [0.05, 0.1) is 13.3 Å². The highest BCUT2D eigenvalue weighted by molar-refractivity contribution is 6.77. The fourth-order valence-corrected chi connectivity index (χ4v) is 10.3. The molecule has 3 rings (SSSR count). The molecule has 0 saturated carbocycles. The SMILES string of the molecule is COc1ccc(N2C(=O)C(O[Si](C(C)C)(C(C)C)C(C)C)C2c2ncco2)cc1. The average Bonchev–Trinajstić information content (AvgIpc) is 3.19. The van der Waals surface area contributed by atoms with E-state index in [1.54, 1.807) is 24.5 Å². The summed E-state index contributed by atoms with van der Waals surface area (Å²) in [4.78, 5) is 19.4. The van der Waals surface area contributed by atoms with Crippen LogP contribution in [-0.2, 0) is 9.22 Å². The van der Waals surface area contributed by atoms with Crippen LogP contribution in [0.5, 0.6) is 5.75 Å². The molecule has 1 aliphatic heterocycles. The fourth-order valence-electron chi connectivity index (χ4n) is 4.86. The molecule has 6 nitrogen and oxygen atoms in total.